The van der Waals surface area contributed by atoms with E-state index in [0.29, 0.717) is 5.69 Å². The van der Waals surface area contributed by atoms with Crippen LogP contribution in [-0.2, 0) is 16.6 Å². The van der Waals surface area contributed by atoms with Gasteiger partial charge >= 0.3 is 0 Å². The number of sulfonamides is 1. The van der Waals surface area contributed by atoms with Crippen molar-refractivity contribution in [1.82, 2.24) is 0 Å². The van der Waals surface area contributed by atoms with Gasteiger partial charge in [0.25, 0.3) is 0 Å². The van der Waals surface area contributed by atoms with Gasteiger partial charge in [-0.2, -0.15) is 0 Å². The number of hydrogen-bond donors (Lipinski definition) is 1. The van der Waals surface area contributed by atoms with Crippen molar-refractivity contribution in [3.8, 4) is 0 Å². The van der Waals surface area contributed by atoms with Crippen molar-refractivity contribution in [3.05, 3.63) is 65.7 Å². The van der Waals surface area contributed by atoms with Crippen molar-refractivity contribution in [3.63, 3.8) is 0 Å². The zero-order valence-electron chi connectivity index (χ0n) is 12.1. The molecule has 2 rings (SSSR count). The molecule has 1 N–H and O–H groups in total. The lowest BCUT2D eigenvalue weighted by atomic mass is 10.1. The van der Waals surface area contributed by atoms with Crippen LogP contribution in [0.2, 0.25) is 0 Å². The summed E-state index contributed by atoms with van der Waals surface area (Å²) in [6.45, 7) is 1.96. The highest BCUT2D eigenvalue weighted by molar-refractivity contribution is 7.92. The molecule has 5 heteroatoms. The van der Waals surface area contributed by atoms with E-state index in [0.717, 1.165) is 11.1 Å². The summed E-state index contributed by atoms with van der Waals surface area (Å²) in [7, 11) is -3.38. The number of anilines is 1. The highest BCUT2D eigenvalue weighted by Crippen LogP contribution is 2.23. The predicted molar refractivity (Wildman–Crippen MR) is 84.5 cm³/mol. The molecule has 0 unspecified atom stereocenters. The molecule has 112 valence electrons. The summed E-state index contributed by atoms with van der Waals surface area (Å²) in [6, 6.07) is 16.3. The minimum atomic E-state index is -3.38. The van der Waals surface area contributed by atoms with Gasteiger partial charge in [0, 0.05) is 0 Å². The molecule has 0 saturated heterocycles. The van der Waals surface area contributed by atoms with Gasteiger partial charge in [-0.15, -0.1) is 0 Å². The Morgan fingerprint density at radius 1 is 1.05 bits per heavy atom. The molecule has 2 aromatic carbocycles. The number of nitrogens with zero attached hydrogens (tertiary/aromatic N) is 1. The van der Waals surface area contributed by atoms with Crippen LogP contribution in [0.25, 0.3) is 0 Å². The molecule has 2 aromatic rings. The van der Waals surface area contributed by atoms with Crippen molar-refractivity contribution >= 4 is 15.7 Å². The maximum atomic E-state index is 12.0. The predicted octanol–water partition coefficient (Wildman–Crippen LogP) is 2.71. The second kappa shape index (κ2) is 6.28. The minimum absolute atomic E-state index is 0.285. The Kier molecular flexibility index (Phi) is 4.65. The number of aliphatic hydroxyl groups excluding tert-OH is 1. The van der Waals surface area contributed by atoms with E-state index in [4.69, 9.17) is 0 Å². The molecule has 0 radical (unpaired) electrons. The first kappa shape index (κ1) is 15.5. The molecule has 0 fully saturated rings. The van der Waals surface area contributed by atoms with Gasteiger partial charge in [0.05, 0.1) is 24.6 Å². The Morgan fingerprint density at radius 2 is 1.62 bits per heavy atom. The fourth-order valence-corrected chi connectivity index (χ4v) is 2.96. The second-order valence-corrected chi connectivity index (χ2v) is 6.93. The lowest BCUT2D eigenvalue weighted by Crippen LogP contribution is -2.29. The van der Waals surface area contributed by atoms with E-state index < -0.39 is 16.1 Å². The molecule has 0 aliphatic rings. The third-order valence-corrected chi connectivity index (χ3v) is 4.37. The summed E-state index contributed by atoms with van der Waals surface area (Å²) in [5.41, 5.74) is 2.26. The molecular weight excluding hydrogens is 286 g/mol. The molecule has 1 atom stereocenters. The smallest absolute Gasteiger partial charge is 0.232 e. The normalized spacial score (nSPS) is 12.9. The van der Waals surface area contributed by atoms with E-state index in [1.54, 1.807) is 31.2 Å². The maximum Gasteiger partial charge on any atom is 0.232 e. The first-order valence-electron chi connectivity index (χ1n) is 6.67. The molecule has 0 spiro atoms. The fourth-order valence-electron chi connectivity index (χ4n) is 2.07. The van der Waals surface area contributed by atoms with Crippen LogP contribution in [-0.4, -0.2) is 19.8 Å². The molecular formula is C16H19NO3S. The summed E-state index contributed by atoms with van der Waals surface area (Å²) < 4.78 is 25.4. The quantitative estimate of drug-likeness (QED) is 0.924. The lowest BCUT2D eigenvalue weighted by molar-refractivity contribution is 0.199. The number of benzene rings is 2. The van der Waals surface area contributed by atoms with Crippen molar-refractivity contribution < 1.29 is 13.5 Å². The third-order valence-electron chi connectivity index (χ3n) is 3.23. The zero-order valence-corrected chi connectivity index (χ0v) is 12.9. The summed E-state index contributed by atoms with van der Waals surface area (Å²) in [6.07, 6.45) is 0.623. The Balaban J connectivity index is 2.33. The van der Waals surface area contributed by atoms with Crippen molar-refractivity contribution in [2.75, 3.05) is 10.6 Å². The van der Waals surface area contributed by atoms with E-state index in [-0.39, 0.29) is 6.54 Å². The molecule has 0 heterocycles. The van der Waals surface area contributed by atoms with Crippen molar-refractivity contribution in [2.45, 2.75) is 19.6 Å². The molecule has 4 nitrogen and oxygen atoms in total. The van der Waals surface area contributed by atoms with Crippen LogP contribution in [0.1, 0.15) is 24.2 Å². The van der Waals surface area contributed by atoms with Crippen LogP contribution in [0.4, 0.5) is 5.69 Å². The van der Waals surface area contributed by atoms with Gasteiger partial charge < -0.3 is 5.11 Å². The van der Waals surface area contributed by atoms with E-state index in [2.05, 4.69) is 0 Å². The van der Waals surface area contributed by atoms with Gasteiger partial charge in [0.15, 0.2) is 0 Å². The second-order valence-electron chi connectivity index (χ2n) is 5.02. The summed E-state index contributed by atoms with van der Waals surface area (Å²) in [4.78, 5) is 0. The Hall–Kier alpha value is -1.85. The summed E-state index contributed by atoms with van der Waals surface area (Å²) in [5.74, 6) is 0. The summed E-state index contributed by atoms with van der Waals surface area (Å²) in [5, 5.41) is 9.52. The largest absolute Gasteiger partial charge is 0.389 e. The van der Waals surface area contributed by atoms with E-state index in [1.165, 1.54) is 10.6 Å². The van der Waals surface area contributed by atoms with Crippen LogP contribution in [0.3, 0.4) is 0 Å². The third kappa shape index (κ3) is 4.06. The maximum absolute atomic E-state index is 12.0. The Labute approximate surface area is 125 Å². The van der Waals surface area contributed by atoms with Crippen LogP contribution in [0.15, 0.2) is 54.6 Å². The van der Waals surface area contributed by atoms with Gasteiger partial charge in [-0.3, -0.25) is 4.31 Å². The summed E-state index contributed by atoms with van der Waals surface area (Å²) >= 11 is 0. The first-order valence-corrected chi connectivity index (χ1v) is 8.52. The van der Waals surface area contributed by atoms with Gasteiger partial charge in [-0.05, 0) is 30.2 Å². The standard InChI is InChI=1S/C16H19NO3S/c1-13(18)15-8-10-16(11-9-15)17(21(2,19)20)12-14-6-4-3-5-7-14/h3-11,13,18H,12H2,1-2H3/t13-/m1/s1. The highest BCUT2D eigenvalue weighted by atomic mass is 32.2. The molecule has 0 bridgehead atoms. The Morgan fingerprint density at radius 3 is 2.10 bits per heavy atom. The topological polar surface area (TPSA) is 57.6 Å². The molecule has 21 heavy (non-hydrogen) atoms. The SMILES string of the molecule is C[C@@H](O)c1ccc(N(Cc2ccccc2)S(C)(=O)=O)cc1. The van der Waals surface area contributed by atoms with Crippen molar-refractivity contribution in [2.24, 2.45) is 0 Å². The molecule has 0 aromatic heterocycles. The average molecular weight is 305 g/mol. The van der Waals surface area contributed by atoms with Crippen molar-refractivity contribution in [1.29, 1.82) is 0 Å². The van der Waals surface area contributed by atoms with Gasteiger partial charge in [-0.1, -0.05) is 42.5 Å². The lowest BCUT2D eigenvalue weighted by Gasteiger charge is -2.23. The van der Waals surface area contributed by atoms with E-state index in [1.807, 2.05) is 30.3 Å². The van der Waals surface area contributed by atoms with Gasteiger partial charge in [0.2, 0.25) is 10.0 Å². The highest BCUT2D eigenvalue weighted by Gasteiger charge is 2.18. The zero-order chi connectivity index (χ0) is 15.5. The molecule has 0 amide bonds. The van der Waals surface area contributed by atoms with Gasteiger partial charge in [0.1, 0.15) is 0 Å². The minimum Gasteiger partial charge on any atom is -0.389 e. The number of rotatable bonds is 5. The molecule has 0 aliphatic carbocycles. The van der Waals surface area contributed by atoms with Crippen LogP contribution in [0.5, 0.6) is 0 Å². The first-order chi connectivity index (χ1) is 9.88. The van der Waals surface area contributed by atoms with E-state index >= 15 is 0 Å². The molecule has 0 saturated carbocycles. The number of aliphatic hydroxyl groups is 1. The van der Waals surface area contributed by atoms with Gasteiger partial charge in [-0.25, -0.2) is 8.42 Å². The van der Waals surface area contributed by atoms with Crippen LogP contribution < -0.4 is 4.31 Å². The van der Waals surface area contributed by atoms with E-state index in [9.17, 15) is 13.5 Å². The average Bonchev–Trinajstić information content (AvgIpc) is 2.45. The fraction of sp³-hybridized carbons (Fsp3) is 0.250. The van der Waals surface area contributed by atoms with Crippen LogP contribution >= 0.6 is 0 Å². The monoisotopic (exact) mass is 305 g/mol. The molecule has 0 aliphatic heterocycles. The van der Waals surface area contributed by atoms with Crippen LogP contribution in [0, 0.1) is 0 Å². The Bertz CT molecular complexity index is 679. The number of hydrogen-bond acceptors (Lipinski definition) is 3.